The number of carbonyl (C=O) groups excluding carboxylic acids is 1. The summed E-state index contributed by atoms with van der Waals surface area (Å²) in [5.74, 6) is 2.55. The average Bonchev–Trinajstić information content (AvgIpc) is 3.16. The molecule has 0 atom stereocenters. The van der Waals surface area contributed by atoms with Crippen molar-refractivity contribution in [2.75, 3.05) is 19.5 Å². The lowest BCUT2D eigenvalue weighted by Crippen LogP contribution is -2.13. The molecule has 0 bridgehead atoms. The van der Waals surface area contributed by atoms with Gasteiger partial charge in [-0.3, -0.25) is 4.79 Å². The number of methoxy groups -OCH3 is 2. The fourth-order valence-corrected chi connectivity index (χ4v) is 2.85. The average molecular weight is 386 g/mol. The van der Waals surface area contributed by atoms with Gasteiger partial charge in [-0.2, -0.15) is 0 Å². The number of ether oxygens (including phenoxy) is 2. The number of benzene rings is 2. The molecule has 1 heterocycles. The van der Waals surface area contributed by atoms with Gasteiger partial charge in [-0.1, -0.05) is 23.7 Å². The van der Waals surface area contributed by atoms with Crippen molar-refractivity contribution in [3.8, 4) is 22.8 Å². The van der Waals surface area contributed by atoms with E-state index < -0.39 is 0 Å². The number of rotatable bonds is 7. The van der Waals surface area contributed by atoms with Crippen molar-refractivity contribution in [2.45, 2.75) is 12.8 Å². The summed E-state index contributed by atoms with van der Waals surface area (Å²) in [6.07, 6.45) is 0.780. The first-order valence-electron chi connectivity index (χ1n) is 8.45. The molecule has 0 unspecified atom stereocenters. The summed E-state index contributed by atoms with van der Waals surface area (Å²) >= 11 is 6.01. The third-order valence-corrected chi connectivity index (χ3v) is 4.29. The number of carbonyl (C=O) groups is 1. The Morgan fingerprint density at radius 1 is 1.07 bits per heavy atom. The zero-order chi connectivity index (χ0) is 19.2. The molecule has 0 fully saturated rings. The van der Waals surface area contributed by atoms with Crippen LogP contribution in [0, 0.1) is 0 Å². The van der Waals surface area contributed by atoms with Crippen LogP contribution in [0.1, 0.15) is 12.2 Å². The topological polar surface area (TPSA) is 60.7 Å². The fraction of sp³-hybridized carbons (Fsp3) is 0.190. The van der Waals surface area contributed by atoms with Crippen molar-refractivity contribution >= 4 is 23.2 Å². The number of anilines is 1. The molecule has 140 valence electrons. The van der Waals surface area contributed by atoms with Gasteiger partial charge in [0.15, 0.2) is 0 Å². The maximum Gasteiger partial charge on any atom is 0.224 e. The zero-order valence-corrected chi connectivity index (χ0v) is 15.9. The molecule has 3 rings (SSSR count). The van der Waals surface area contributed by atoms with Crippen LogP contribution in [0.25, 0.3) is 11.3 Å². The van der Waals surface area contributed by atoms with Crippen LogP contribution < -0.4 is 14.8 Å². The summed E-state index contributed by atoms with van der Waals surface area (Å²) in [6.45, 7) is 0. The van der Waals surface area contributed by atoms with Gasteiger partial charge in [0.05, 0.1) is 19.9 Å². The van der Waals surface area contributed by atoms with Crippen LogP contribution in [0.3, 0.4) is 0 Å². The van der Waals surface area contributed by atoms with Gasteiger partial charge in [0.1, 0.15) is 23.0 Å². The predicted molar refractivity (Wildman–Crippen MR) is 106 cm³/mol. The minimum Gasteiger partial charge on any atom is -0.497 e. The Morgan fingerprint density at radius 3 is 2.67 bits per heavy atom. The van der Waals surface area contributed by atoms with E-state index in [-0.39, 0.29) is 12.3 Å². The van der Waals surface area contributed by atoms with Gasteiger partial charge in [-0.25, -0.2) is 0 Å². The largest absolute Gasteiger partial charge is 0.497 e. The monoisotopic (exact) mass is 385 g/mol. The Morgan fingerprint density at radius 2 is 1.93 bits per heavy atom. The van der Waals surface area contributed by atoms with Gasteiger partial charge in [0, 0.05) is 29.5 Å². The summed E-state index contributed by atoms with van der Waals surface area (Å²) < 4.78 is 16.3. The first-order chi connectivity index (χ1) is 13.1. The van der Waals surface area contributed by atoms with Crippen molar-refractivity contribution in [1.82, 2.24) is 0 Å². The van der Waals surface area contributed by atoms with Crippen LogP contribution >= 0.6 is 11.6 Å². The SMILES string of the molecule is COc1ccc(NC(=O)CCc2ccc(-c3cccc(Cl)c3)o2)c(OC)c1. The fourth-order valence-electron chi connectivity index (χ4n) is 2.66. The number of amides is 1. The lowest BCUT2D eigenvalue weighted by atomic mass is 10.2. The Hall–Kier alpha value is -2.92. The van der Waals surface area contributed by atoms with Crippen LogP contribution in [0.5, 0.6) is 11.5 Å². The molecule has 1 N–H and O–H groups in total. The molecule has 0 spiro atoms. The third kappa shape index (κ3) is 4.83. The van der Waals surface area contributed by atoms with Gasteiger partial charge in [0.2, 0.25) is 5.91 Å². The van der Waals surface area contributed by atoms with E-state index in [1.807, 2.05) is 36.4 Å². The van der Waals surface area contributed by atoms with Crippen LogP contribution in [0.4, 0.5) is 5.69 Å². The smallest absolute Gasteiger partial charge is 0.224 e. The Labute approximate surface area is 162 Å². The quantitative estimate of drug-likeness (QED) is 0.608. The molecule has 2 aromatic carbocycles. The molecule has 0 aliphatic rings. The van der Waals surface area contributed by atoms with Crippen molar-refractivity contribution in [3.63, 3.8) is 0 Å². The number of hydrogen-bond donors (Lipinski definition) is 1. The van der Waals surface area contributed by atoms with E-state index in [0.717, 1.165) is 17.1 Å². The Bertz CT molecular complexity index is 935. The predicted octanol–water partition coefficient (Wildman–Crippen LogP) is 5.19. The van der Waals surface area contributed by atoms with E-state index in [1.165, 1.54) is 0 Å². The van der Waals surface area contributed by atoms with Crippen LogP contribution in [-0.4, -0.2) is 20.1 Å². The van der Waals surface area contributed by atoms with E-state index >= 15 is 0 Å². The van der Waals surface area contributed by atoms with Gasteiger partial charge in [-0.15, -0.1) is 0 Å². The van der Waals surface area contributed by atoms with E-state index in [1.54, 1.807) is 32.4 Å². The summed E-state index contributed by atoms with van der Waals surface area (Å²) in [4.78, 5) is 12.3. The highest BCUT2D eigenvalue weighted by atomic mass is 35.5. The Kier molecular flexibility index (Phi) is 6.04. The number of halogens is 1. The van der Waals surface area contributed by atoms with Crippen molar-refractivity contribution < 1.29 is 18.7 Å². The highest BCUT2D eigenvalue weighted by Gasteiger charge is 2.11. The van der Waals surface area contributed by atoms with Crippen molar-refractivity contribution in [2.24, 2.45) is 0 Å². The Balaban J connectivity index is 1.60. The number of aryl methyl sites for hydroxylation is 1. The molecule has 0 saturated heterocycles. The minimum absolute atomic E-state index is 0.126. The summed E-state index contributed by atoms with van der Waals surface area (Å²) in [6, 6.07) is 16.4. The maximum atomic E-state index is 12.3. The highest BCUT2D eigenvalue weighted by Crippen LogP contribution is 2.29. The molecule has 0 aliphatic carbocycles. The normalized spacial score (nSPS) is 10.5. The van der Waals surface area contributed by atoms with Gasteiger partial charge >= 0.3 is 0 Å². The van der Waals surface area contributed by atoms with Gasteiger partial charge in [-0.05, 0) is 36.4 Å². The molecule has 1 aromatic heterocycles. The van der Waals surface area contributed by atoms with E-state index in [2.05, 4.69) is 5.32 Å². The highest BCUT2D eigenvalue weighted by molar-refractivity contribution is 6.30. The van der Waals surface area contributed by atoms with Crippen LogP contribution in [0.15, 0.2) is 59.0 Å². The molecule has 0 saturated carbocycles. The van der Waals surface area contributed by atoms with E-state index in [4.69, 9.17) is 25.5 Å². The second kappa shape index (κ2) is 8.64. The lowest BCUT2D eigenvalue weighted by Gasteiger charge is -2.11. The molecule has 5 nitrogen and oxygen atoms in total. The summed E-state index contributed by atoms with van der Waals surface area (Å²) in [7, 11) is 3.12. The molecule has 1 amide bonds. The van der Waals surface area contributed by atoms with Crippen LogP contribution in [0.2, 0.25) is 5.02 Å². The zero-order valence-electron chi connectivity index (χ0n) is 15.1. The number of hydrogen-bond acceptors (Lipinski definition) is 4. The molecular weight excluding hydrogens is 366 g/mol. The molecule has 3 aromatic rings. The number of furan rings is 1. The molecule has 0 aliphatic heterocycles. The van der Waals surface area contributed by atoms with Crippen molar-refractivity contribution in [1.29, 1.82) is 0 Å². The van der Waals surface area contributed by atoms with E-state index in [0.29, 0.717) is 28.6 Å². The van der Waals surface area contributed by atoms with Gasteiger partial charge < -0.3 is 19.2 Å². The van der Waals surface area contributed by atoms with Crippen molar-refractivity contribution in [3.05, 3.63) is 65.4 Å². The summed E-state index contributed by atoms with van der Waals surface area (Å²) in [5, 5.41) is 3.50. The third-order valence-electron chi connectivity index (χ3n) is 4.05. The standard InChI is InChI=1S/C21H20ClNO4/c1-25-17-6-9-18(20(13-17)26-2)23-21(24)11-8-16-7-10-19(27-16)14-4-3-5-15(22)12-14/h3-7,9-10,12-13H,8,11H2,1-2H3,(H,23,24). The minimum atomic E-state index is -0.126. The maximum absolute atomic E-state index is 12.3. The molecule has 27 heavy (non-hydrogen) atoms. The first kappa shape index (κ1) is 18.9. The molecular formula is C21H20ClNO4. The van der Waals surface area contributed by atoms with Crippen LogP contribution in [-0.2, 0) is 11.2 Å². The second-order valence-electron chi connectivity index (χ2n) is 5.89. The van der Waals surface area contributed by atoms with Gasteiger partial charge in [0.25, 0.3) is 0 Å². The second-order valence-corrected chi connectivity index (χ2v) is 6.33. The summed E-state index contributed by atoms with van der Waals surface area (Å²) in [5.41, 5.74) is 1.50. The first-order valence-corrected chi connectivity index (χ1v) is 8.83. The lowest BCUT2D eigenvalue weighted by molar-refractivity contribution is -0.116. The molecule has 6 heteroatoms. The van der Waals surface area contributed by atoms with E-state index in [9.17, 15) is 4.79 Å². The molecule has 0 radical (unpaired) electrons. The number of nitrogens with one attached hydrogen (secondary N) is 1.